The van der Waals surface area contributed by atoms with Crippen LogP contribution in [0.2, 0.25) is 5.02 Å². The Morgan fingerprint density at radius 2 is 1.89 bits per heavy atom. The zero-order valence-corrected chi connectivity index (χ0v) is 21.5. The summed E-state index contributed by atoms with van der Waals surface area (Å²) in [5.74, 6) is 1.51. The van der Waals surface area contributed by atoms with Crippen molar-refractivity contribution in [1.82, 2.24) is 9.97 Å². The number of anilines is 1. The molecule has 2 aromatic heterocycles. The first-order valence-electron chi connectivity index (χ1n) is 10.8. The molecule has 36 heavy (non-hydrogen) atoms. The normalized spacial score (nSPS) is 10.5. The number of ether oxygens (including phenoxy) is 1. The molecule has 0 aliphatic carbocycles. The maximum atomic E-state index is 10.1. The second-order valence-corrected chi connectivity index (χ2v) is 9.63. The zero-order valence-electron chi connectivity index (χ0n) is 19.2. The maximum Gasteiger partial charge on any atom is 0.237 e. The standard InChI is InChI=1S/C26H20ClN5O2S2/c1-29-23-22(16-5-9-20(10-6-16)34-12-11-33)21(13-28)26(32-24(23)30-2)36-15-19-14-35-25(31-19)17-3-7-18(27)8-4-17/h3-10,14,33H,11-12,15H2,2H3,(H,30,32). The lowest BCUT2D eigenvalue weighted by atomic mass is 10.00. The number of thioether (sulfide) groups is 1. The van der Waals surface area contributed by atoms with Crippen LogP contribution in [-0.4, -0.2) is 35.3 Å². The molecular weight excluding hydrogens is 514 g/mol. The van der Waals surface area contributed by atoms with E-state index < -0.39 is 0 Å². The van der Waals surface area contributed by atoms with Gasteiger partial charge in [0.2, 0.25) is 5.69 Å². The Kier molecular flexibility index (Phi) is 8.42. The maximum absolute atomic E-state index is 10.1. The minimum Gasteiger partial charge on any atom is -0.491 e. The van der Waals surface area contributed by atoms with Crippen molar-refractivity contribution in [2.75, 3.05) is 25.6 Å². The van der Waals surface area contributed by atoms with Crippen LogP contribution in [0.5, 0.6) is 5.75 Å². The quantitative estimate of drug-likeness (QED) is 0.183. The summed E-state index contributed by atoms with van der Waals surface area (Å²) >= 11 is 8.93. The second-order valence-electron chi connectivity index (χ2n) is 7.37. The number of pyridine rings is 1. The van der Waals surface area contributed by atoms with E-state index in [1.54, 1.807) is 42.6 Å². The highest BCUT2D eigenvalue weighted by Gasteiger charge is 2.22. The fourth-order valence-corrected chi connectivity index (χ4v) is 5.39. The van der Waals surface area contributed by atoms with Crippen LogP contribution < -0.4 is 10.1 Å². The van der Waals surface area contributed by atoms with Crippen LogP contribution in [0.1, 0.15) is 11.3 Å². The molecule has 0 amide bonds. The number of hydrogen-bond acceptors (Lipinski definition) is 8. The van der Waals surface area contributed by atoms with Crippen molar-refractivity contribution in [3.63, 3.8) is 0 Å². The summed E-state index contributed by atoms with van der Waals surface area (Å²) in [6.45, 7) is 7.85. The van der Waals surface area contributed by atoms with Gasteiger partial charge in [0.15, 0.2) is 0 Å². The van der Waals surface area contributed by atoms with Gasteiger partial charge < -0.3 is 15.2 Å². The van der Waals surface area contributed by atoms with Gasteiger partial charge in [-0.2, -0.15) is 5.26 Å². The zero-order chi connectivity index (χ0) is 25.5. The topological polar surface area (TPSA) is 95.4 Å². The van der Waals surface area contributed by atoms with Crippen LogP contribution in [0.4, 0.5) is 11.5 Å². The van der Waals surface area contributed by atoms with E-state index >= 15 is 0 Å². The predicted molar refractivity (Wildman–Crippen MR) is 145 cm³/mol. The number of benzene rings is 2. The number of thiazole rings is 1. The van der Waals surface area contributed by atoms with E-state index in [0.29, 0.717) is 44.1 Å². The van der Waals surface area contributed by atoms with Crippen LogP contribution in [0, 0.1) is 17.9 Å². The number of nitrogens with zero attached hydrogens (tertiary/aromatic N) is 4. The number of hydrogen-bond donors (Lipinski definition) is 2. The molecule has 0 atom stereocenters. The lowest BCUT2D eigenvalue weighted by Gasteiger charge is -2.15. The predicted octanol–water partition coefficient (Wildman–Crippen LogP) is 6.65. The van der Waals surface area contributed by atoms with Gasteiger partial charge in [0.05, 0.1) is 24.4 Å². The van der Waals surface area contributed by atoms with Crippen LogP contribution in [-0.2, 0) is 5.75 Å². The third-order valence-corrected chi connectivity index (χ3v) is 7.30. The van der Waals surface area contributed by atoms with E-state index in [2.05, 4.69) is 21.2 Å². The van der Waals surface area contributed by atoms with Gasteiger partial charge in [-0.05, 0) is 29.8 Å². The molecular formula is C26H20ClN5O2S2. The number of rotatable bonds is 9. The first-order chi connectivity index (χ1) is 17.6. The fourth-order valence-electron chi connectivity index (χ4n) is 3.45. The molecule has 10 heteroatoms. The minimum absolute atomic E-state index is 0.0845. The third kappa shape index (κ3) is 5.62. The molecule has 0 saturated heterocycles. The number of nitrogens with one attached hydrogen (secondary N) is 1. The van der Waals surface area contributed by atoms with Crippen molar-refractivity contribution in [3.05, 3.63) is 81.6 Å². The van der Waals surface area contributed by atoms with E-state index in [-0.39, 0.29) is 18.9 Å². The van der Waals surface area contributed by atoms with E-state index in [9.17, 15) is 5.26 Å². The van der Waals surface area contributed by atoms with Gasteiger partial charge in [-0.3, -0.25) is 0 Å². The number of halogens is 1. The van der Waals surface area contributed by atoms with Gasteiger partial charge in [0, 0.05) is 34.3 Å². The van der Waals surface area contributed by atoms with Crippen molar-refractivity contribution in [1.29, 1.82) is 5.26 Å². The van der Waals surface area contributed by atoms with Crippen LogP contribution in [0.25, 0.3) is 26.5 Å². The van der Waals surface area contributed by atoms with E-state index in [0.717, 1.165) is 16.3 Å². The Hall–Kier alpha value is -3.60. The molecule has 4 rings (SSSR count). The number of nitriles is 1. The Balaban J connectivity index is 1.66. The van der Waals surface area contributed by atoms with Gasteiger partial charge in [0.25, 0.3) is 0 Å². The average Bonchev–Trinajstić information content (AvgIpc) is 3.39. The summed E-state index contributed by atoms with van der Waals surface area (Å²) < 4.78 is 5.44. The van der Waals surface area contributed by atoms with Crippen molar-refractivity contribution in [3.8, 4) is 33.5 Å². The van der Waals surface area contributed by atoms with E-state index in [4.69, 9.17) is 33.0 Å². The van der Waals surface area contributed by atoms with E-state index in [1.807, 2.05) is 29.6 Å². The van der Waals surface area contributed by atoms with Crippen molar-refractivity contribution in [2.24, 2.45) is 0 Å². The highest BCUT2D eigenvalue weighted by Crippen LogP contribution is 2.43. The highest BCUT2D eigenvalue weighted by atomic mass is 35.5. The summed E-state index contributed by atoms with van der Waals surface area (Å²) in [4.78, 5) is 13.0. The molecule has 0 radical (unpaired) electrons. The lowest BCUT2D eigenvalue weighted by Crippen LogP contribution is -2.02. The monoisotopic (exact) mass is 533 g/mol. The summed E-state index contributed by atoms with van der Waals surface area (Å²) in [6.07, 6.45) is 0. The van der Waals surface area contributed by atoms with Gasteiger partial charge in [-0.25, -0.2) is 14.8 Å². The van der Waals surface area contributed by atoms with Crippen molar-refractivity contribution >= 4 is 46.2 Å². The first-order valence-corrected chi connectivity index (χ1v) is 13.0. The minimum atomic E-state index is -0.0845. The van der Waals surface area contributed by atoms with Crippen LogP contribution in [0.15, 0.2) is 58.9 Å². The molecule has 4 aromatic rings. The molecule has 0 bridgehead atoms. The van der Waals surface area contributed by atoms with Crippen molar-refractivity contribution < 1.29 is 9.84 Å². The molecule has 0 aliphatic heterocycles. The van der Waals surface area contributed by atoms with E-state index in [1.165, 1.54) is 11.8 Å². The largest absolute Gasteiger partial charge is 0.491 e. The fraction of sp³-hybridized carbons (Fsp3) is 0.154. The molecule has 2 aromatic carbocycles. The van der Waals surface area contributed by atoms with Gasteiger partial charge in [-0.15, -0.1) is 11.3 Å². The Bertz CT molecular complexity index is 1440. The molecule has 2 N–H and O–H groups in total. The average molecular weight is 534 g/mol. The Morgan fingerprint density at radius 3 is 2.53 bits per heavy atom. The summed E-state index contributed by atoms with van der Waals surface area (Å²) in [6, 6.07) is 16.9. The third-order valence-electron chi connectivity index (χ3n) is 5.10. The van der Waals surface area contributed by atoms with Gasteiger partial charge in [0.1, 0.15) is 34.3 Å². The molecule has 0 saturated carbocycles. The molecule has 0 aliphatic rings. The Morgan fingerprint density at radius 1 is 1.17 bits per heavy atom. The van der Waals surface area contributed by atoms with Crippen LogP contribution in [0.3, 0.4) is 0 Å². The second kappa shape index (κ2) is 11.9. The van der Waals surface area contributed by atoms with Gasteiger partial charge in [-0.1, -0.05) is 47.6 Å². The number of aromatic nitrogens is 2. The molecule has 180 valence electrons. The number of aliphatic hydroxyl groups excluding tert-OH is 1. The smallest absolute Gasteiger partial charge is 0.237 e. The molecule has 7 nitrogen and oxygen atoms in total. The lowest BCUT2D eigenvalue weighted by molar-refractivity contribution is 0.201. The SMILES string of the molecule is [C-]#[N+]c1c(NC)nc(SCc2csc(-c3ccc(Cl)cc3)n2)c(C#N)c1-c1ccc(OCCO)cc1. The molecule has 0 unspecified atom stereocenters. The summed E-state index contributed by atoms with van der Waals surface area (Å²) in [5.41, 5.74) is 3.69. The molecule has 0 spiro atoms. The summed E-state index contributed by atoms with van der Waals surface area (Å²) in [5, 5.41) is 26.1. The first kappa shape index (κ1) is 25.5. The molecule has 2 heterocycles. The Labute approximate surface area is 222 Å². The van der Waals surface area contributed by atoms with Gasteiger partial charge >= 0.3 is 0 Å². The highest BCUT2D eigenvalue weighted by molar-refractivity contribution is 7.98. The molecule has 0 fully saturated rings. The van der Waals surface area contributed by atoms with Crippen LogP contribution >= 0.6 is 34.7 Å². The number of aliphatic hydroxyl groups is 1. The van der Waals surface area contributed by atoms with Crippen molar-refractivity contribution in [2.45, 2.75) is 10.8 Å². The summed E-state index contributed by atoms with van der Waals surface area (Å²) in [7, 11) is 1.70.